The minimum Gasteiger partial charge on any atom is -0.504 e. The summed E-state index contributed by atoms with van der Waals surface area (Å²) in [5.41, 5.74) is 0.445. The smallest absolute Gasteiger partial charge is 0.321 e. The fraction of sp³-hybridized carbons (Fsp3) is 0.118. The summed E-state index contributed by atoms with van der Waals surface area (Å²) in [4.78, 5) is 11.9. The summed E-state index contributed by atoms with van der Waals surface area (Å²) in [6.45, 7) is 0. The summed E-state index contributed by atoms with van der Waals surface area (Å²) < 4.78 is 15.6. The molecule has 0 spiro atoms. The van der Waals surface area contributed by atoms with Gasteiger partial charge in [0.25, 0.3) is 5.22 Å². The SMILES string of the molecule is COc1ccc(OC(=O)CSc2nnc(-c3ccc(O)c(O)c3)o2)cc1. The topological polar surface area (TPSA) is 115 Å². The maximum absolute atomic E-state index is 11.9. The number of carbonyl (C=O) groups is 1. The van der Waals surface area contributed by atoms with Crippen LogP contribution in [0.25, 0.3) is 11.5 Å². The number of rotatable bonds is 6. The first-order valence-electron chi connectivity index (χ1n) is 7.38. The molecule has 3 rings (SSSR count). The molecule has 0 bridgehead atoms. The Balaban J connectivity index is 1.57. The van der Waals surface area contributed by atoms with E-state index in [0.717, 1.165) is 11.8 Å². The van der Waals surface area contributed by atoms with Gasteiger partial charge in [-0.05, 0) is 42.5 Å². The highest BCUT2D eigenvalue weighted by atomic mass is 32.2. The number of aromatic nitrogens is 2. The number of nitrogens with zero attached hydrogens (tertiary/aromatic N) is 2. The van der Waals surface area contributed by atoms with Crippen LogP contribution in [-0.4, -0.2) is 39.2 Å². The van der Waals surface area contributed by atoms with E-state index in [1.807, 2.05) is 0 Å². The highest BCUT2D eigenvalue weighted by molar-refractivity contribution is 7.99. The van der Waals surface area contributed by atoms with Crippen molar-refractivity contribution >= 4 is 17.7 Å². The van der Waals surface area contributed by atoms with Gasteiger partial charge in [0.05, 0.1) is 7.11 Å². The number of benzene rings is 2. The number of aromatic hydroxyl groups is 2. The Morgan fingerprint density at radius 1 is 1.08 bits per heavy atom. The Hall–Kier alpha value is -3.20. The minimum absolute atomic E-state index is 0.0194. The van der Waals surface area contributed by atoms with E-state index < -0.39 is 5.97 Å². The maximum atomic E-state index is 11.9. The Morgan fingerprint density at radius 2 is 1.81 bits per heavy atom. The quantitative estimate of drug-likeness (QED) is 0.291. The molecule has 0 saturated heterocycles. The molecular weight excluding hydrogens is 360 g/mol. The van der Waals surface area contributed by atoms with Crippen LogP contribution in [0.3, 0.4) is 0 Å². The summed E-state index contributed by atoms with van der Waals surface area (Å²) in [6, 6.07) is 10.8. The number of ether oxygens (including phenoxy) is 2. The normalized spacial score (nSPS) is 10.5. The molecule has 1 aromatic heterocycles. The zero-order chi connectivity index (χ0) is 18.5. The van der Waals surface area contributed by atoms with E-state index in [1.165, 1.54) is 18.2 Å². The lowest BCUT2D eigenvalue weighted by atomic mass is 10.2. The second-order valence-electron chi connectivity index (χ2n) is 5.01. The van der Waals surface area contributed by atoms with Gasteiger partial charge in [0, 0.05) is 5.56 Å². The first kappa shape index (κ1) is 17.6. The third kappa shape index (κ3) is 4.25. The average Bonchev–Trinajstić information content (AvgIpc) is 3.12. The van der Waals surface area contributed by atoms with Crippen molar-refractivity contribution in [2.24, 2.45) is 0 Å². The van der Waals surface area contributed by atoms with Gasteiger partial charge in [0.15, 0.2) is 11.5 Å². The Bertz CT molecular complexity index is 910. The molecule has 8 nitrogen and oxygen atoms in total. The fourth-order valence-corrected chi connectivity index (χ4v) is 2.50. The number of carbonyl (C=O) groups excluding carboxylic acids is 1. The lowest BCUT2D eigenvalue weighted by molar-refractivity contribution is -0.131. The fourth-order valence-electron chi connectivity index (χ4n) is 1.97. The van der Waals surface area contributed by atoms with E-state index in [4.69, 9.17) is 13.9 Å². The highest BCUT2D eigenvalue weighted by Crippen LogP contribution is 2.31. The summed E-state index contributed by atoms with van der Waals surface area (Å²) in [5, 5.41) is 26.7. The van der Waals surface area contributed by atoms with Crippen molar-refractivity contribution in [1.82, 2.24) is 10.2 Å². The zero-order valence-electron chi connectivity index (χ0n) is 13.6. The first-order chi connectivity index (χ1) is 12.5. The molecule has 26 heavy (non-hydrogen) atoms. The van der Waals surface area contributed by atoms with E-state index in [9.17, 15) is 15.0 Å². The number of methoxy groups -OCH3 is 1. The van der Waals surface area contributed by atoms with Gasteiger partial charge in [-0.2, -0.15) is 0 Å². The van der Waals surface area contributed by atoms with Gasteiger partial charge < -0.3 is 24.1 Å². The van der Waals surface area contributed by atoms with Crippen molar-refractivity contribution < 1.29 is 28.9 Å². The van der Waals surface area contributed by atoms with Crippen LogP contribution in [0, 0.1) is 0 Å². The molecule has 0 atom stereocenters. The van der Waals surface area contributed by atoms with Gasteiger partial charge in [-0.25, -0.2) is 0 Å². The van der Waals surface area contributed by atoms with E-state index >= 15 is 0 Å². The van der Waals surface area contributed by atoms with Crippen LogP contribution >= 0.6 is 11.8 Å². The molecule has 3 aromatic rings. The lowest BCUT2D eigenvalue weighted by Crippen LogP contribution is -2.10. The molecule has 9 heteroatoms. The largest absolute Gasteiger partial charge is 0.504 e. The maximum Gasteiger partial charge on any atom is 0.321 e. The second kappa shape index (κ2) is 7.79. The standard InChI is InChI=1S/C17H14N2O6S/c1-23-11-3-5-12(6-4-11)24-15(22)9-26-17-19-18-16(25-17)10-2-7-13(20)14(21)8-10/h2-8,20-21H,9H2,1H3. The monoisotopic (exact) mass is 374 g/mol. The third-order valence-corrected chi connectivity index (χ3v) is 4.03. The molecule has 0 amide bonds. The van der Waals surface area contributed by atoms with Gasteiger partial charge in [-0.3, -0.25) is 4.79 Å². The molecule has 0 aliphatic rings. The predicted octanol–water partition coefficient (Wildman–Crippen LogP) is 2.85. The molecule has 0 saturated carbocycles. The van der Waals surface area contributed by atoms with Gasteiger partial charge in [-0.1, -0.05) is 11.8 Å². The molecule has 0 radical (unpaired) electrons. The van der Waals surface area contributed by atoms with Crippen LogP contribution in [0.5, 0.6) is 23.0 Å². The highest BCUT2D eigenvalue weighted by Gasteiger charge is 2.13. The van der Waals surface area contributed by atoms with Crippen molar-refractivity contribution in [3.63, 3.8) is 0 Å². The van der Waals surface area contributed by atoms with E-state index in [-0.39, 0.29) is 28.4 Å². The Labute approximate surface area is 152 Å². The number of phenols is 2. The number of hydrogen-bond donors (Lipinski definition) is 2. The van der Waals surface area contributed by atoms with E-state index in [0.29, 0.717) is 17.1 Å². The molecule has 2 N–H and O–H groups in total. The van der Waals surface area contributed by atoms with Crippen molar-refractivity contribution in [2.75, 3.05) is 12.9 Å². The molecule has 0 aliphatic heterocycles. The molecule has 0 fully saturated rings. The molecule has 2 aromatic carbocycles. The Kier molecular flexibility index (Phi) is 5.28. The van der Waals surface area contributed by atoms with Crippen molar-refractivity contribution in [1.29, 1.82) is 0 Å². The third-order valence-electron chi connectivity index (χ3n) is 3.23. The second-order valence-corrected chi connectivity index (χ2v) is 5.94. The van der Waals surface area contributed by atoms with E-state index in [1.54, 1.807) is 31.4 Å². The molecule has 0 unspecified atom stereocenters. The average molecular weight is 374 g/mol. The van der Waals surface area contributed by atoms with Gasteiger partial charge in [0.2, 0.25) is 5.89 Å². The number of esters is 1. The minimum atomic E-state index is -0.470. The van der Waals surface area contributed by atoms with E-state index in [2.05, 4.69) is 10.2 Å². The summed E-state index contributed by atoms with van der Waals surface area (Å²) in [6.07, 6.45) is 0. The summed E-state index contributed by atoms with van der Waals surface area (Å²) >= 11 is 1.03. The zero-order valence-corrected chi connectivity index (χ0v) is 14.4. The van der Waals surface area contributed by atoms with Crippen LogP contribution in [0.1, 0.15) is 0 Å². The lowest BCUT2D eigenvalue weighted by Gasteiger charge is -2.04. The number of thioether (sulfide) groups is 1. The molecular formula is C17H14N2O6S. The summed E-state index contributed by atoms with van der Waals surface area (Å²) in [5.74, 6) is 0.199. The molecule has 0 aliphatic carbocycles. The first-order valence-corrected chi connectivity index (χ1v) is 8.37. The van der Waals surface area contributed by atoms with Crippen LogP contribution in [0.15, 0.2) is 52.1 Å². The predicted molar refractivity (Wildman–Crippen MR) is 92.4 cm³/mol. The summed E-state index contributed by atoms with van der Waals surface area (Å²) in [7, 11) is 1.55. The van der Waals surface area contributed by atoms with Gasteiger partial charge in [-0.15, -0.1) is 10.2 Å². The van der Waals surface area contributed by atoms with Gasteiger partial charge in [0.1, 0.15) is 17.3 Å². The van der Waals surface area contributed by atoms with Crippen LogP contribution in [0.4, 0.5) is 0 Å². The van der Waals surface area contributed by atoms with Crippen LogP contribution < -0.4 is 9.47 Å². The van der Waals surface area contributed by atoms with Crippen molar-refractivity contribution in [2.45, 2.75) is 5.22 Å². The molecule has 134 valence electrons. The van der Waals surface area contributed by atoms with Gasteiger partial charge >= 0.3 is 5.97 Å². The van der Waals surface area contributed by atoms with Crippen molar-refractivity contribution in [3.05, 3.63) is 42.5 Å². The van der Waals surface area contributed by atoms with Crippen molar-refractivity contribution in [3.8, 4) is 34.5 Å². The van der Waals surface area contributed by atoms with Crippen LogP contribution in [-0.2, 0) is 4.79 Å². The Morgan fingerprint density at radius 3 is 2.50 bits per heavy atom. The number of phenolic OH excluding ortho intramolecular Hbond substituents is 2. The van der Waals surface area contributed by atoms with Crippen LogP contribution in [0.2, 0.25) is 0 Å². The number of hydrogen-bond acceptors (Lipinski definition) is 9. The molecule has 1 heterocycles.